The van der Waals surface area contributed by atoms with Gasteiger partial charge in [-0.05, 0) is 56.9 Å². The second-order valence-electron chi connectivity index (χ2n) is 5.82. The van der Waals surface area contributed by atoms with Gasteiger partial charge in [-0.3, -0.25) is 4.79 Å². The number of ether oxygens (including phenoxy) is 2. The third-order valence-corrected chi connectivity index (χ3v) is 4.27. The van der Waals surface area contributed by atoms with Gasteiger partial charge in [0.2, 0.25) is 5.91 Å². The lowest BCUT2D eigenvalue weighted by Crippen LogP contribution is -2.46. The van der Waals surface area contributed by atoms with Crippen LogP contribution in [0.3, 0.4) is 0 Å². The molecule has 4 nitrogen and oxygen atoms in total. The summed E-state index contributed by atoms with van der Waals surface area (Å²) in [5, 5.41) is 0. The Kier molecular flexibility index (Phi) is 5.47. The summed E-state index contributed by atoms with van der Waals surface area (Å²) < 4.78 is 10.5. The van der Waals surface area contributed by atoms with Gasteiger partial charge in [0.1, 0.15) is 0 Å². The lowest BCUT2D eigenvalue weighted by atomic mass is 9.97. The normalized spacial score (nSPS) is 21.9. The van der Waals surface area contributed by atoms with Crippen LogP contribution in [0.5, 0.6) is 11.5 Å². The quantitative estimate of drug-likeness (QED) is 0.799. The summed E-state index contributed by atoms with van der Waals surface area (Å²) in [7, 11) is 3.21. The van der Waals surface area contributed by atoms with Crippen LogP contribution in [0, 0.1) is 0 Å². The van der Waals surface area contributed by atoms with Crippen LogP contribution < -0.4 is 9.47 Å². The molecule has 1 aliphatic heterocycles. The number of benzene rings is 1. The molecular formula is C18H25NO3. The number of likely N-dealkylation sites (tertiary alicyclic amines) is 1. The average molecular weight is 303 g/mol. The number of hydrogen-bond donors (Lipinski definition) is 0. The predicted octanol–water partition coefficient (Wildman–Crippen LogP) is 3.51. The van der Waals surface area contributed by atoms with E-state index in [9.17, 15) is 4.79 Å². The summed E-state index contributed by atoms with van der Waals surface area (Å²) in [5.74, 6) is 1.43. The van der Waals surface area contributed by atoms with Crippen LogP contribution in [0.1, 0.15) is 38.7 Å². The molecule has 0 spiro atoms. The molecule has 1 fully saturated rings. The first-order valence-electron chi connectivity index (χ1n) is 7.79. The maximum Gasteiger partial charge on any atom is 0.247 e. The van der Waals surface area contributed by atoms with Crippen LogP contribution in [-0.2, 0) is 4.79 Å². The summed E-state index contributed by atoms with van der Waals surface area (Å²) >= 11 is 0. The van der Waals surface area contributed by atoms with Crippen LogP contribution in [-0.4, -0.2) is 37.1 Å². The third-order valence-electron chi connectivity index (χ3n) is 4.27. The molecule has 1 aromatic rings. The van der Waals surface area contributed by atoms with Gasteiger partial charge in [-0.2, -0.15) is 0 Å². The van der Waals surface area contributed by atoms with E-state index in [0.717, 1.165) is 18.4 Å². The molecule has 0 aliphatic carbocycles. The van der Waals surface area contributed by atoms with E-state index in [1.807, 2.05) is 29.2 Å². The Balaban J connectivity index is 2.12. The zero-order chi connectivity index (χ0) is 16.1. The number of piperidine rings is 1. The molecule has 1 aliphatic rings. The van der Waals surface area contributed by atoms with Crippen molar-refractivity contribution in [2.75, 3.05) is 14.2 Å². The second-order valence-corrected chi connectivity index (χ2v) is 5.82. The topological polar surface area (TPSA) is 38.8 Å². The lowest BCUT2D eigenvalue weighted by Gasteiger charge is -2.38. The Bertz CT molecular complexity index is 543. The van der Waals surface area contributed by atoms with Gasteiger partial charge in [-0.15, -0.1) is 0 Å². The highest BCUT2D eigenvalue weighted by Crippen LogP contribution is 2.28. The predicted molar refractivity (Wildman–Crippen MR) is 88.2 cm³/mol. The highest BCUT2D eigenvalue weighted by Gasteiger charge is 2.27. The van der Waals surface area contributed by atoms with Crippen LogP contribution in [0.15, 0.2) is 24.3 Å². The summed E-state index contributed by atoms with van der Waals surface area (Å²) in [4.78, 5) is 14.4. The SMILES string of the molecule is COc1ccc(/C=C/C(=O)N2C(C)CCCC2C)cc1OC. The number of carbonyl (C=O) groups is 1. The van der Waals surface area contributed by atoms with E-state index in [-0.39, 0.29) is 5.91 Å². The van der Waals surface area contributed by atoms with Gasteiger partial charge in [-0.25, -0.2) is 0 Å². The minimum atomic E-state index is 0.0782. The minimum Gasteiger partial charge on any atom is -0.493 e. The molecule has 1 saturated heterocycles. The smallest absolute Gasteiger partial charge is 0.247 e. The van der Waals surface area contributed by atoms with E-state index in [2.05, 4.69) is 13.8 Å². The number of methoxy groups -OCH3 is 2. The van der Waals surface area contributed by atoms with Crippen molar-refractivity contribution in [1.82, 2.24) is 4.90 Å². The maximum absolute atomic E-state index is 12.5. The Labute approximate surface area is 132 Å². The van der Waals surface area contributed by atoms with Gasteiger partial charge in [-0.1, -0.05) is 6.07 Å². The van der Waals surface area contributed by atoms with E-state index >= 15 is 0 Å². The summed E-state index contributed by atoms with van der Waals surface area (Å²) in [6.07, 6.45) is 6.85. The maximum atomic E-state index is 12.5. The molecule has 120 valence electrons. The van der Waals surface area contributed by atoms with Crippen molar-refractivity contribution in [3.05, 3.63) is 29.8 Å². The van der Waals surface area contributed by atoms with Gasteiger partial charge < -0.3 is 14.4 Å². The zero-order valence-corrected chi connectivity index (χ0v) is 13.8. The van der Waals surface area contributed by atoms with Crippen molar-refractivity contribution in [2.24, 2.45) is 0 Å². The van der Waals surface area contributed by atoms with Gasteiger partial charge in [0.15, 0.2) is 11.5 Å². The first kappa shape index (κ1) is 16.4. The van der Waals surface area contributed by atoms with Crippen LogP contribution >= 0.6 is 0 Å². The molecule has 22 heavy (non-hydrogen) atoms. The number of hydrogen-bond acceptors (Lipinski definition) is 3. The summed E-state index contributed by atoms with van der Waals surface area (Å²) in [6.45, 7) is 4.25. The van der Waals surface area contributed by atoms with Crippen molar-refractivity contribution in [3.8, 4) is 11.5 Å². The number of amides is 1. The highest BCUT2D eigenvalue weighted by atomic mass is 16.5. The fourth-order valence-corrected chi connectivity index (χ4v) is 3.07. The Morgan fingerprint density at radius 3 is 2.36 bits per heavy atom. The minimum absolute atomic E-state index is 0.0782. The first-order valence-corrected chi connectivity index (χ1v) is 7.79. The summed E-state index contributed by atoms with van der Waals surface area (Å²) in [6, 6.07) is 6.24. The van der Waals surface area contributed by atoms with Crippen LogP contribution in [0.4, 0.5) is 0 Å². The van der Waals surface area contributed by atoms with Gasteiger partial charge >= 0.3 is 0 Å². The number of rotatable bonds is 4. The average Bonchev–Trinajstić information content (AvgIpc) is 2.52. The van der Waals surface area contributed by atoms with E-state index in [0.29, 0.717) is 23.6 Å². The van der Waals surface area contributed by atoms with E-state index in [4.69, 9.17) is 9.47 Å². The molecule has 2 atom stereocenters. The second kappa shape index (κ2) is 7.34. The third kappa shape index (κ3) is 3.62. The number of carbonyl (C=O) groups excluding carboxylic acids is 1. The molecule has 4 heteroatoms. The molecule has 1 aromatic carbocycles. The standard InChI is InChI=1S/C18H25NO3/c1-13-6-5-7-14(2)19(13)18(20)11-9-15-8-10-16(21-3)17(12-15)22-4/h8-14H,5-7H2,1-4H3/b11-9+. The lowest BCUT2D eigenvalue weighted by molar-refractivity contribution is -0.131. The molecule has 0 saturated carbocycles. The molecule has 0 radical (unpaired) electrons. The Hall–Kier alpha value is -1.97. The van der Waals surface area contributed by atoms with Crippen molar-refractivity contribution >= 4 is 12.0 Å². The molecule has 0 bridgehead atoms. The fraction of sp³-hybridized carbons (Fsp3) is 0.500. The van der Waals surface area contributed by atoms with Crippen molar-refractivity contribution in [1.29, 1.82) is 0 Å². The summed E-state index contributed by atoms with van der Waals surface area (Å²) in [5.41, 5.74) is 0.920. The molecule has 2 unspecified atom stereocenters. The fourth-order valence-electron chi connectivity index (χ4n) is 3.07. The van der Waals surface area contributed by atoms with Crippen molar-refractivity contribution < 1.29 is 14.3 Å². The van der Waals surface area contributed by atoms with Crippen molar-refractivity contribution in [2.45, 2.75) is 45.2 Å². The first-order chi connectivity index (χ1) is 10.6. The highest BCUT2D eigenvalue weighted by molar-refractivity contribution is 5.92. The molecular weight excluding hydrogens is 278 g/mol. The van der Waals surface area contributed by atoms with E-state index in [1.165, 1.54) is 6.42 Å². The van der Waals surface area contributed by atoms with Gasteiger partial charge in [0, 0.05) is 18.2 Å². The molecule has 2 rings (SSSR count). The zero-order valence-electron chi connectivity index (χ0n) is 13.8. The van der Waals surface area contributed by atoms with Crippen LogP contribution in [0.2, 0.25) is 0 Å². The molecule has 0 aromatic heterocycles. The Morgan fingerprint density at radius 1 is 1.14 bits per heavy atom. The van der Waals surface area contributed by atoms with E-state index in [1.54, 1.807) is 20.3 Å². The van der Waals surface area contributed by atoms with Gasteiger partial charge in [0.25, 0.3) is 0 Å². The van der Waals surface area contributed by atoms with Crippen LogP contribution in [0.25, 0.3) is 6.08 Å². The van der Waals surface area contributed by atoms with E-state index < -0.39 is 0 Å². The largest absolute Gasteiger partial charge is 0.493 e. The molecule has 1 heterocycles. The Morgan fingerprint density at radius 2 is 1.77 bits per heavy atom. The molecule has 0 N–H and O–H groups in total. The monoisotopic (exact) mass is 303 g/mol. The van der Waals surface area contributed by atoms with Crippen molar-refractivity contribution in [3.63, 3.8) is 0 Å². The molecule has 1 amide bonds. The van der Waals surface area contributed by atoms with Gasteiger partial charge in [0.05, 0.1) is 14.2 Å². The number of nitrogens with zero attached hydrogens (tertiary/aromatic N) is 1.